The third-order valence-electron chi connectivity index (χ3n) is 4.14. The Labute approximate surface area is 134 Å². The summed E-state index contributed by atoms with van der Waals surface area (Å²) in [5, 5.41) is 11.7. The lowest BCUT2D eigenvalue weighted by Crippen LogP contribution is -2.52. The van der Waals surface area contributed by atoms with Crippen LogP contribution in [0.3, 0.4) is 0 Å². The van der Waals surface area contributed by atoms with Gasteiger partial charge in [0.25, 0.3) is 5.91 Å². The van der Waals surface area contributed by atoms with Crippen molar-refractivity contribution < 1.29 is 19.1 Å². The van der Waals surface area contributed by atoms with Gasteiger partial charge in [0.05, 0.1) is 5.56 Å². The van der Waals surface area contributed by atoms with Crippen molar-refractivity contribution in [3.8, 4) is 0 Å². The first-order valence-electron chi connectivity index (χ1n) is 7.71. The SMILES string of the molecule is CC(C(=O)O)N1CCN(CCNC(=O)c2ccccc2F)CC1. The minimum absolute atomic E-state index is 0.0487. The number of nitrogens with zero attached hydrogens (tertiary/aromatic N) is 2. The lowest BCUT2D eigenvalue weighted by atomic mass is 10.2. The summed E-state index contributed by atoms with van der Waals surface area (Å²) in [6.45, 7) is 5.67. The third-order valence-corrected chi connectivity index (χ3v) is 4.14. The van der Waals surface area contributed by atoms with E-state index in [1.54, 1.807) is 19.1 Å². The van der Waals surface area contributed by atoms with Crippen LogP contribution in [0.1, 0.15) is 17.3 Å². The van der Waals surface area contributed by atoms with E-state index in [2.05, 4.69) is 10.2 Å². The third kappa shape index (κ3) is 4.74. The molecule has 1 heterocycles. The van der Waals surface area contributed by atoms with Crippen molar-refractivity contribution in [2.24, 2.45) is 0 Å². The minimum Gasteiger partial charge on any atom is -0.480 e. The molecule has 1 atom stereocenters. The second-order valence-corrected chi connectivity index (χ2v) is 5.63. The van der Waals surface area contributed by atoms with Gasteiger partial charge in [0.2, 0.25) is 0 Å². The molecule has 0 aliphatic carbocycles. The summed E-state index contributed by atoms with van der Waals surface area (Å²) >= 11 is 0. The summed E-state index contributed by atoms with van der Waals surface area (Å²) in [6, 6.07) is 5.41. The predicted octanol–water partition coefficient (Wildman–Crippen LogP) is 0.646. The fourth-order valence-corrected chi connectivity index (χ4v) is 2.60. The number of carbonyl (C=O) groups is 2. The van der Waals surface area contributed by atoms with Crippen molar-refractivity contribution >= 4 is 11.9 Å². The average molecular weight is 323 g/mol. The maximum atomic E-state index is 13.5. The van der Waals surface area contributed by atoms with Gasteiger partial charge in [-0.2, -0.15) is 0 Å². The fourth-order valence-electron chi connectivity index (χ4n) is 2.60. The highest BCUT2D eigenvalue weighted by Gasteiger charge is 2.24. The van der Waals surface area contributed by atoms with Crippen LogP contribution in [0.5, 0.6) is 0 Å². The standard InChI is InChI=1S/C16H22FN3O3/c1-12(16(22)23)20-10-8-19(9-11-20)7-6-18-15(21)13-4-2-3-5-14(13)17/h2-5,12H,6-11H2,1H3,(H,18,21)(H,22,23). The lowest BCUT2D eigenvalue weighted by Gasteiger charge is -2.36. The van der Waals surface area contributed by atoms with Crippen molar-refractivity contribution in [3.63, 3.8) is 0 Å². The zero-order valence-corrected chi connectivity index (χ0v) is 13.2. The van der Waals surface area contributed by atoms with E-state index in [0.717, 1.165) is 13.1 Å². The Morgan fingerprint density at radius 3 is 2.52 bits per heavy atom. The molecule has 1 unspecified atom stereocenters. The van der Waals surface area contributed by atoms with Gasteiger partial charge in [0.15, 0.2) is 0 Å². The predicted molar refractivity (Wildman–Crippen MR) is 83.8 cm³/mol. The van der Waals surface area contributed by atoms with Crippen molar-refractivity contribution in [3.05, 3.63) is 35.6 Å². The Morgan fingerprint density at radius 1 is 1.26 bits per heavy atom. The number of halogens is 1. The first-order chi connectivity index (χ1) is 11.0. The molecule has 0 aromatic heterocycles. The van der Waals surface area contributed by atoms with Crippen LogP contribution in [-0.4, -0.2) is 72.1 Å². The average Bonchev–Trinajstić information content (AvgIpc) is 2.55. The quantitative estimate of drug-likeness (QED) is 0.804. The van der Waals surface area contributed by atoms with Crippen molar-refractivity contribution in [1.82, 2.24) is 15.1 Å². The summed E-state index contributed by atoms with van der Waals surface area (Å²) in [7, 11) is 0. The molecule has 0 saturated carbocycles. The van der Waals surface area contributed by atoms with Gasteiger partial charge in [-0.25, -0.2) is 4.39 Å². The molecule has 1 amide bonds. The first-order valence-corrected chi connectivity index (χ1v) is 7.71. The first kappa shape index (κ1) is 17.4. The van der Waals surface area contributed by atoms with E-state index in [0.29, 0.717) is 26.2 Å². The number of amides is 1. The van der Waals surface area contributed by atoms with Crippen LogP contribution in [0.2, 0.25) is 0 Å². The van der Waals surface area contributed by atoms with Gasteiger partial charge in [0.1, 0.15) is 11.9 Å². The highest BCUT2D eigenvalue weighted by atomic mass is 19.1. The number of rotatable bonds is 6. The molecule has 1 aliphatic heterocycles. The number of hydrogen-bond donors (Lipinski definition) is 2. The van der Waals surface area contributed by atoms with Crippen LogP contribution in [-0.2, 0) is 4.79 Å². The minimum atomic E-state index is -0.810. The molecule has 7 heteroatoms. The second-order valence-electron chi connectivity index (χ2n) is 5.63. The van der Waals surface area contributed by atoms with E-state index in [4.69, 9.17) is 5.11 Å². The van der Waals surface area contributed by atoms with E-state index in [1.165, 1.54) is 12.1 Å². The zero-order valence-electron chi connectivity index (χ0n) is 13.2. The van der Waals surface area contributed by atoms with Crippen LogP contribution in [0, 0.1) is 5.82 Å². The fraction of sp³-hybridized carbons (Fsp3) is 0.500. The van der Waals surface area contributed by atoms with Crippen LogP contribution in [0.4, 0.5) is 4.39 Å². The molecule has 23 heavy (non-hydrogen) atoms. The van der Waals surface area contributed by atoms with Crippen LogP contribution in [0.25, 0.3) is 0 Å². The molecule has 1 saturated heterocycles. The molecule has 2 N–H and O–H groups in total. The highest BCUT2D eigenvalue weighted by molar-refractivity contribution is 5.94. The summed E-state index contributed by atoms with van der Waals surface area (Å²) in [5.41, 5.74) is 0.0487. The van der Waals surface area contributed by atoms with E-state index < -0.39 is 23.7 Å². The number of carboxylic acids is 1. The van der Waals surface area contributed by atoms with Crippen molar-refractivity contribution in [1.29, 1.82) is 0 Å². The van der Waals surface area contributed by atoms with Gasteiger partial charge in [-0.3, -0.25) is 19.4 Å². The van der Waals surface area contributed by atoms with Crippen LogP contribution < -0.4 is 5.32 Å². The largest absolute Gasteiger partial charge is 0.480 e. The smallest absolute Gasteiger partial charge is 0.320 e. The Kier molecular flexibility index (Phi) is 6.06. The molecule has 2 rings (SSSR count). The second kappa shape index (κ2) is 8.03. The Balaban J connectivity index is 1.71. The Bertz CT molecular complexity index is 559. The Hall–Kier alpha value is -1.99. The normalized spacial score (nSPS) is 17.7. The van der Waals surface area contributed by atoms with Crippen molar-refractivity contribution in [2.75, 3.05) is 39.3 Å². The van der Waals surface area contributed by atoms with E-state index in [9.17, 15) is 14.0 Å². The van der Waals surface area contributed by atoms with E-state index in [1.807, 2.05) is 4.90 Å². The number of piperazine rings is 1. The summed E-state index contributed by atoms with van der Waals surface area (Å²) < 4.78 is 13.5. The highest BCUT2D eigenvalue weighted by Crippen LogP contribution is 2.07. The number of hydrogen-bond acceptors (Lipinski definition) is 4. The van der Waals surface area contributed by atoms with Crippen LogP contribution >= 0.6 is 0 Å². The molecule has 6 nitrogen and oxygen atoms in total. The number of benzene rings is 1. The number of carboxylic acid groups (broad SMARTS) is 1. The van der Waals surface area contributed by atoms with Gasteiger partial charge in [-0.15, -0.1) is 0 Å². The number of carbonyl (C=O) groups excluding carboxylic acids is 1. The summed E-state index contributed by atoms with van der Waals surface area (Å²) in [4.78, 5) is 26.9. The Morgan fingerprint density at radius 2 is 1.91 bits per heavy atom. The van der Waals surface area contributed by atoms with Gasteiger partial charge < -0.3 is 10.4 Å². The molecule has 0 radical (unpaired) electrons. The van der Waals surface area contributed by atoms with Gasteiger partial charge in [-0.05, 0) is 19.1 Å². The molecule has 1 fully saturated rings. The molecule has 0 bridgehead atoms. The van der Waals surface area contributed by atoms with E-state index >= 15 is 0 Å². The summed E-state index contributed by atoms with van der Waals surface area (Å²) in [5.74, 6) is -1.75. The maximum absolute atomic E-state index is 13.5. The van der Waals surface area contributed by atoms with Gasteiger partial charge in [-0.1, -0.05) is 12.1 Å². The molecular formula is C16H22FN3O3. The van der Waals surface area contributed by atoms with Crippen LogP contribution in [0.15, 0.2) is 24.3 Å². The van der Waals surface area contributed by atoms with Gasteiger partial charge >= 0.3 is 5.97 Å². The molecular weight excluding hydrogens is 301 g/mol. The van der Waals surface area contributed by atoms with Crippen molar-refractivity contribution in [2.45, 2.75) is 13.0 Å². The molecule has 1 aromatic carbocycles. The summed E-state index contributed by atoms with van der Waals surface area (Å²) in [6.07, 6.45) is 0. The monoisotopic (exact) mass is 323 g/mol. The van der Waals surface area contributed by atoms with E-state index in [-0.39, 0.29) is 5.56 Å². The molecule has 1 aromatic rings. The number of nitrogens with one attached hydrogen (secondary N) is 1. The number of aliphatic carboxylic acids is 1. The van der Waals surface area contributed by atoms with Gasteiger partial charge in [0, 0.05) is 39.3 Å². The molecule has 1 aliphatic rings. The maximum Gasteiger partial charge on any atom is 0.320 e. The lowest BCUT2D eigenvalue weighted by molar-refractivity contribution is -0.143. The topological polar surface area (TPSA) is 72.9 Å². The molecule has 0 spiro atoms. The zero-order chi connectivity index (χ0) is 16.8. The molecule has 126 valence electrons.